The van der Waals surface area contributed by atoms with Crippen LogP contribution in [-0.2, 0) is 32.0 Å². The quantitative estimate of drug-likeness (QED) is 0.141. The largest absolute Gasteiger partial charge is 0.343 e. The molecule has 2 unspecified atom stereocenters. The van der Waals surface area contributed by atoms with Gasteiger partial charge in [0.25, 0.3) is 5.92 Å². The minimum Gasteiger partial charge on any atom is -0.343 e. The lowest BCUT2D eigenvalue weighted by Crippen LogP contribution is -2.72. The predicted octanol–water partition coefficient (Wildman–Crippen LogP) is 1.94. The van der Waals surface area contributed by atoms with Crippen molar-refractivity contribution in [3.05, 3.63) is 71.8 Å². The first-order chi connectivity index (χ1) is 26.1. The Hall–Kier alpha value is -4.63. The van der Waals surface area contributed by atoms with Crippen LogP contribution in [0.25, 0.3) is 0 Å². The van der Waals surface area contributed by atoms with Gasteiger partial charge in [-0.1, -0.05) is 74.5 Å². The number of alkyl halides is 2. The number of rotatable bonds is 16. The Kier molecular flexibility index (Phi) is 13.2. The van der Waals surface area contributed by atoms with Crippen LogP contribution in [0.2, 0.25) is 0 Å². The maximum atomic E-state index is 15.7. The van der Waals surface area contributed by atoms with Gasteiger partial charge in [0.2, 0.25) is 23.6 Å². The van der Waals surface area contributed by atoms with E-state index >= 15 is 8.78 Å². The molecule has 1 saturated carbocycles. The molecule has 300 valence electrons. The van der Waals surface area contributed by atoms with Crippen molar-refractivity contribution in [2.24, 2.45) is 28.7 Å². The molecular weight excluding hydrogens is 710 g/mol. The van der Waals surface area contributed by atoms with Gasteiger partial charge in [-0.15, -0.1) is 0 Å². The average Bonchev–Trinajstić information content (AvgIpc) is 3.88. The predicted molar refractivity (Wildman–Crippen MR) is 203 cm³/mol. The number of urea groups is 1. The summed E-state index contributed by atoms with van der Waals surface area (Å²) >= 11 is 0. The van der Waals surface area contributed by atoms with Crippen LogP contribution in [0.3, 0.4) is 0 Å². The minimum absolute atomic E-state index is 0.00163. The first-order valence-corrected chi connectivity index (χ1v) is 19.3. The van der Waals surface area contributed by atoms with E-state index < -0.39 is 71.2 Å². The first kappa shape index (κ1) is 41.5. The second kappa shape index (κ2) is 17.4. The lowest BCUT2D eigenvalue weighted by molar-refractivity contribution is -0.215. The van der Waals surface area contributed by atoms with Crippen LogP contribution >= 0.6 is 0 Å². The molecule has 2 aliphatic heterocycles. The zero-order valence-corrected chi connectivity index (χ0v) is 32.0. The Labute approximate surface area is 321 Å². The van der Waals surface area contributed by atoms with Crippen molar-refractivity contribution in [1.29, 1.82) is 0 Å². The number of amides is 6. The molecule has 3 fully saturated rings. The molecule has 8 N–H and O–H groups in total. The van der Waals surface area contributed by atoms with Gasteiger partial charge in [0.15, 0.2) is 0 Å². The zero-order chi connectivity index (χ0) is 40.0. The lowest BCUT2D eigenvalue weighted by atomic mass is 9.69. The second-order valence-corrected chi connectivity index (χ2v) is 15.8. The molecule has 2 heterocycles. The molecule has 2 aromatic rings. The third-order valence-electron chi connectivity index (χ3n) is 11.5. The molecule has 2 aromatic carbocycles. The molecule has 6 amide bonds. The van der Waals surface area contributed by atoms with Crippen molar-refractivity contribution in [3.8, 4) is 0 Å². The van der Waals surface area contributed by atoms with Crippen molar-refractivity contribution < 1.29 is 32.8 Å². The highest BCUT2D eigenvalue weighted by atomic mass is 19.3. The van der Waals surface area contributed by atoms with Gasteiger partial charge < -0.3 is 42.5 Å². The summed E-state index contributed by atoms with van der Waals surface area (Å²) in [5, 5.41) is 11.1. The van der Waals surface area contributed by atoms with Gasteiger partial charge in [-0.25, -0.2) is 13.6 Å². The molecule has 0 radical (unpaired) electrons. The molecule has 0 bridgehead atoms. The summed E-state index contributed by atoms with van der Waals surface area (Å²) in [6.45, 7) is 3.20. The van der Waals surface area contributed by atoms with Gasteiger partial charge in [0, 0.05) is 33.1 Å². The number of carbonyl (C=O) groups excluding carboxylic acids is 5. The highest BCUT2D eigenvalue weighted by Gasteiger charge is 2.65. The van der Waals surface area contributed by atoms with E-state index in [0.717, 1.165) is 16.0 Å². The Morgan fingerprint density at radius 2 is 1.45 bits per heavy atom. The number of nitrogens with zero attached hydrogens (tertiary/aromatic N) is 2. The number of unbranched alkanes of at least 4 members (excludes halogenated alkanes) is 1. The van der Waals surface area contributed by atoms with Gasteiger partial charge in [0.1, 0.15) is 17.6 Å². The van der Waals surface area contributed by atoms with Crippen LogP contribution in [0.5, 0.6) is 0 Å². The standard InChI is InChI=1S/C40H56F2N8O5/c1-26(2)29-22-39(29,48-34(52)32(21-28-14-8-5-9-15-28)46-33(51)30(44)20-27-12-6-4-7-13-27)36(54)47-31(16-10-11-18-43)35(53)49-19-17-38(40(41,42)25-49)23-50(24-38)37(55)45-3/h4-9,12-15,26,29-32H,10-11,16-25,43-44H2,1-3H3,(H,45,55)(H,46,51)(H,47,54)(H,48,52)/t29?,30-,31-,32-,39?/m1/s1. The highest BCUT2D eigenvalue weighted by molar-refractivity contribution is 5.99. The van der Waals surface area contributed by atoms with Gasteiger partial charge in [-0.3, -0.25) is 19.2 Å². The number of hydrogen-bond acceptors (Lipinski definition) is 7. The van der Waals surface area contributed by atoms with E-state index in [4.69, 9.17) is 11.5 Å². The van der Waals surface area contributed by atoms with Crippen LogP contribution in [0.4, 0.5) is 13.6 Å². The molecule has 5 atom stereocenters. The maximum absolute atomic E-state index is 15.7. The summed E-state index contributed by atoms with van der Waals surface area (Å²) in [6, 6.07) is 14.9. The third-order valence-corrected chi connectivity index (χ3v) is 11.5. The summed E-state index contributed by atoms with van der Waals surface area (Å²) in [6.07, 6.45) is 1.86. The van der Waals surface area contributed by atoms with Crippen molar-refractivity contribution >= 4 is 29.7 Å². The molecule has 1 aliphatic carbocycles. The van der Waals surface area contributed by atoms with E-state index in [1.807, 2.05) is 74.5 Å². The average molecular weight is 767 g/mol. The number of likely N-dealkylation sites (tertiary alicyclic amines) is 2. The van der Waals surface area contributed by atoms with Gasteiger partial charge >= 0.3 is 6.03 Å². The first-order valence-electron chi connectivity index (χ1n) is 19.3. The van der Waals surface area contributed by atoms with Gasteiger partial charge in [-0.05, 0) is 68.0 Å². The summed E-state index contributed by atoms with van der Waals surface area (Å²) in [4.78, 5) is 70.3. The van der Waals surface area contributed by atoms with Crippen LogP contribution in [-0.4, -0.2) is 109 Å². The number of nitrogens with two attached hydrogens (primary N) is 2. The smallest absolute Gasteiger partial charge is 0.317 e. The van der Waals surface area contributed by atoms with Gasteiger partial charge in [0.05, 0.1) is 18.0 Å². The van der Waals surface area contributed by atoms with E-state index in [1.165, 1.54) is 11.9 Å². The lowest BCUT2D eigenvalue weighted by Gasteiger charge is -2.57. The fourth-order valence-electron chi connectivity index (χ4n) is 8.00. The summed E-state index contributed by atoms with van der Waals surface area (Å²) in [5.41, 5.74) is 10.8. The Morgan fingerprint density at radius 3 is 2.00 bits per heavy atom. The molecule has 3 aliphatic rings. The van der Waals surface area contributed by atoms with Crippen LogP contribution in [0, 0.1) is 17.3 Å². The number of halogens is 2. The van der Waals surface area contributed by atoms with Crippen LogP contribution in [0.15, 0.2) is 60.7 Å². The molecule has 15 heteroatoms. The zero-order valence-electron chi connectivity index (χ0n) is 32.0. The molecule has 1 spiro atoms. The summed E-state index contributed by atoms with van der Waals surface area (Å²) in [7, 11) is 1.44. The van der Waals surface area contributed by atoms with Crippen molar-refractivity contribution in [2.45, 2.75) is 88.4 Å². The molecule has 13 nitrogen and oxygen atoms in total. The Balaban J connectivity index is 1.31. The van der Waals surface area contributed by atoms with E-state index in [1.54, 1.807) is 0 Å². The second-order valence-electron chi connectivity index (χ2n) is 15.8. The van der Waals surface area contributed by atoms with Crippen LogP contribution < -0.4 is 32.7 Å². The molecular formula is C40H56F2N8O5. The number of piperidine rings is 1. The summed E-state index contributed by atoms with van der Waals surface area (Å²) in [5.74, 6) is -5.90. The SMILES string of the molecule is CNC(=O)N1CC2(CCN(C(=O)[C@@H](CCCCN)NC(=O)C3(NC(=O)[C@@H](Cc4ccccc4)NC(=O)[C@H](N)Cc4ccccc4)CC3C(C)C)CC2(F)F)C1. The fraction of sp³-hybridized carbons (Fsp3) is 0.575. The summed E-state index contributed by atoms with van der Waals surface area (Å²) < 4.78 is 31.4. The number of hydrogen-bond donors (Lipinski definition) is 6. The van der Waals surface area contributed by atoms with E-state index in [-0.39, 0.29) is 63.6 Å². The number of benzene rings is 2. The highest BCUT2D eigenvalue weighted by Crippen LogP contribution is 2.51. The molecule has 0 aromatic heterocycles. The Morgan fingerprint density at radius 1 is 0.836 bits per heavy atom. The van der Waals surface area contributed by atoms with Gasteiger partial charge in [-0.2, -0.15) is 0 Å². The fourth-order valence-corrected chi connectivity index (χ4v) is 8.00. The van der Waals surface area contributed by atoms with E-state index in [2.05, 4.69) is 21.3 Å². The molecule has 5 rings (SSSR count). The normalized spacial score (nSPS) is 22.5. The van der Waals surface area contributed by atoms with Crippen LogP contribution in [0.1, 0.15) is 57.1 Å². The monoisotopic (exact) mass is 766 g/mol. The van der Waals surface area contributed by atoms with Crippen molar-refractivity contribution in [3.63, 3.8) is 0 Å². The van der Waals surface area contributed by atoms with Crippen molar-refractivity contribution in [2.75, 3.05) is 39.8 Å². The molecule has 2 saturated heterocycles. The number of carbonyl (C=O) groups is 5. The minimum atomic E-state index is -3.26. The number of nitrogens with one attached hydrogen (secondary N) is 4. The topological polar surface area (TPSA) is 192 Å². The van der Waals surface area contributed by atoms with E-state index in [9.17, 15) is 24.0 Å². The van der Waals surface area contributed by atoms with Crippen molar-refractivity contribution in [1.82, 2.24) is 31.1 Å². The molecule has 55 heavy (non-hydrogen) atoms. The maximum Gasteiger partial charge on any atom is 0.317 e. The Bertz CT molecular complexity index is 1680. The third kappa shape index (κ3) is 9.43. The van der Waals surface area contributed by atoms with E-state index in [0.29, 0.717) is 19.4 Å².